The van der Waals surface area contributed by atoms with Gasteiger partial charge in [-0.1, -0.05) is 0 Å². The van der Waals surface area contributed by atoms with E-state index in [1.54, 1.807) is 0 Å². The molecule has 0 amide bonds. The summed E-state index contributed by atoms with van der Waals surface area (Å²) in [5.74, 6) is 0. The fraction of sp³-hybridized carbons (Fsp3) is 0.143. The van der Waals surface area contributed by atoms with Crippen molar-refractivity contribution >= 4 is 21.8 Å². The van der Waals surface area contributed by atoms with E-state index < -0.39 is 11.7 Å². The van der Waals surface area contributed by atoms with Crippen LogP contribution in [-0.2, 0) is 6.18 Å². The summed E-state index contributed by atoms with van der Waals surface area (Å²) in [6.07, 6.45) is -4.26. The summed E-state index contributed by atoms with van der Waals surface area (Å²) in [6.45, 7) is 0. The number of anilines is 1. The predicted octanol–water partition coefficient (Wildman–Crippen LogP) is 3.43. The Labute approximate surface area is 75.9 Å². The second-order valence-corrected chi connectivity index (χ2v) is 2.57. The van der Waals surface area contributed by atoms with Gasteiger partial charge in [-0.2, -0.15) is 13.2 Å². The first kappa shape index (κ1) is 9.38. The molecule has 0 saturated heterocycles. The number of alkyl halides is 3. The third-order valence-electron chi connectivity index (χ3n) is 1.32. The van der Waals surface area contributed by atoms with Crippen molar-refractivity contribution < 1.29 is 13.2 Å². The van der Waals surface area contributed by atoms with Crippen LogP contribution in [0.25, 0.3) is 0 Å². The lowest BCUT2D eigenvalue weighted by Crippen LogP contribution is -2.03. The van der Waals surface area contributed by atoms with Crippen molar-refractivity contribution in [1.82, 2.24) is 0 Å². The maximum absolute atomic E-state index is 12.0. The fourth-order valence-electron chi connectivity index (χ4n) is 0.722. The van der Waals surface area contributed by atoms with Gasteiger partial charge in [0.25, 0.3) is 0 Å². The molecule has 5 heteroatoms. The van der Waals surface area contributed by atoms with Crippen LogP contribution in [0.3, 0.4) is 0 Å². The normalized spacial score (nSPS) is 11.3. The van der Waals surface area contributed by atoms with E-state index in [1.807, 2.05) is 0 Å². The Morgan fingerprint density at radius 2 is 1.58 bits per heavy atom. The molecule has 0 saturated carbocycles. The third-order valence-corrected chi connectivity index (χ3v) is 1.78. The maximum atomic E-state index is 12.0. The maximum Gasteiger partial charge on any atom is 0.416 e. The Kier molecular flexibility index (Phi) is 2.62. The second kappa shape index (κ2) is 3.35. The van der Waals surface area contributed by atoms with E-state index in [1.165, 1.54) is 12.1 Å². The SMILES string of the molecule is FC(F)(F)c1ccc(NBr)cc1. The van der Waals surface area contributed by atoms with Gasteiger partial charge in [-0.15, -0.1) is 0 Å². The van der Waals surface area contributed by atoms with E-state index in [0.29, 0.717) is 5.69 Å². The van der Waals surface area contributed by atoms with Crippen molar-refractivity contribution in [2.75, 3.05) is 4.34 Å². The molecule has 0 atom stereocenters. The molecule has 0 spiro atoms. The van der Waals surface area contributed by atoms with Crippen molar-refractivity contribution in [2.45, 2.75) is 6.18 Å². The summed E-state index contributed by atoms with van der Waals surface area (Å²) in [4.78, 5) is 0. The first-order chi connectivity index (χ1) is 5.54. The zero-order valence-electron chi connectivity index (χ0n) is 5.82. The summed E-state index contributed by atoms with van der Waals surface area (Å²) in [5, 5.41) is 0. The molecule has 0 fully saturated rings. The standard InChI is InChI=1S/C7H5BrF3N/c8-12-6-3-1-5(2-4-6)7(9,10)11/h1-4,12H. The van der Waals surface area contributed by atoms with Crippen LogP contribution in [0.2, 0.25) is 0 Å². The third kappa shape index (κ3) is 2.14. The van der Waals surface area contributed by atoms with Crippen LogP contribution in [-0.4, -0.2) is 0 Å². The molecule has 0 aliphatic rings. The Hall–Kier alpha value is -0.710. The van der Waals surface area contributed by atoms with Crippen LogP contribution in [0.1, 0.15) is 5.56 Å². The van der Waals surface area contributed by atoms with E-state index in [9.17, 15) is 13.2 Å². The van der Waals surface area contributed by atoms with Gasteiger partial charge in [0.15, 0.2) is 0 Å². The van der Waals surface area contributed by atoms with Gasteiger partial charge in [-0.05, 0) is 24.3 Å². The number of halogens is 4. The van der Waals surface area contributed by atoms with Crippen LogP contribution in [0.4, 0.5) is 18.9 Å². The molecule has 1 aromatic rings. The van der Waals surface area contributed by atoms with Gasteiger partial charge in [0.05, 0.1) is 5.56 Å². The minimum atomic E-state index is -4.26. The molecule has 0 aliphatic carbocycles. The van der Waals surface area contributed by atoms with E-state index in [-0.39, 0.29) is 0 Å². The van der Waals surface area contributed by atoms with Crippen LogP contribution in [0.5, 0.6) is 0 Å². The van der Waals surface area contributed by atoms with Crippen LogP contribution in [0, 0.1) is 0 Å². The van der Waals surface area contributed by atoms with E-state index in [0.717, 1.165) is 12.1 Å². The number of rotatable bonds is 1. The molecule has 1 rings (SSSR count). The summed E-state index contributed by atoms with van der Waals surface area (Å²) in [6, 6.07) is 4.72. The van der Waals surface area contributed by atoms with Crippen molar-refractivity contribution in [3.63, 3.8) is 0 Å². The van der Waals surface area contributed by atoms with E-state index in [4.69, 9.17) is 0 Å². The van der Waals surface area contributed by atoms with Gasteiger partial charge in [0.1, 0.15) is 0 Å². The average molecular weight is 240 g/mol. The molecule has 0 bridgehead atoms. The quantitative estimate of drug-likeness (QED) is 0.741. The summed E-state index contributed by atoms with van der Waals surface area (Å²) >= 11 is 2.90. The van der Waals surface area contributed by atoms with Crippen LogP contribution in [0.15, 0.2) is 24.3 Å². The topological polar surface area (TPSA) is 12.0 Å². The zero-order valence-corrected chi connectivity index (χ0v) is 7.41. The van der Waals surface area contributed by atoms with Gasteiger partial charge >= 0.3 is 6.18 Å². The highest BCUT2D eigenvalue weighted by atomic mass is 79.9. The van der Waals surface area contributed by atoms with Crippen LogP contribution < -0.4 is 4.34 Å². The molecule has 66 valence electrons. The van der Waals surface area contributed by atoms with Gasteiger partial charge in [0.2, 0.25) is 0 Å². The van der Waals surface area contributed by atoms with Crippen molar-refractivity contribution in [2.24, 2.45) is 0 Å². The Morgan fingerprint density at radius 3 is 1.92 bits per heavy atom. The first-order valence-electron chi connectivity index (χ1n) is 3.08. The fourth-order valence-corrected chi connectivity index (χ4v) is 0.987. The largest absolute Gasteiger partial charge is 0.416 e. The Morgan fingerprint density at radius 1 is 1.08 bits per heavy atom. The number of nitrogens with one attached hydrogen (secondary N) is 1. The molecule has 0 heterocycles. The molecule has 0 aliphatic heterocycles. The Bertz CT molecular complexity index is 254. The first-order valence-corrected chi connectivity index (χ1v) is 3.87. The molecular formula is C7H5BrF3N. The predicted molar refractivity (Wildman–Crippen MR) is 44.0 cm³/mol. The molecule has 12 heavy (non-hydrogen) atoms. The molecule has 1 N–H and O–H groups in total. The highest BCUT2D eigenvalue weighted by Crippen LogP contribution is 2.29. The Balaban J connectivity index is 2.93. The van der Waals surface area contributed by atoms with Gasteiger partial charge < -0.3 is 4.34 Å². The van der Waals surface area contributed by atoms with Crippen molar-refractivity contribution in [3.05, 3.63) is 29.8 Å². The van der Waals surface area contributed by atoms with E-state index >= 15 is 0 Å². The zero-order chi connectivity index (χ0) is 9.19. The van der Waals surface area contributed by atoms with Gasteiger partial charge in [-0.25, -0.2) is 0 Å². The number of benzene rings is 1. The van der Waals surface area contributed by atoms with Gasteiger partial charge in [0, 0.05) is 21.8 Å². The minimum Gasteiger partial charge on any atom is -0.322 e. The van der Waals surface area contributed by atoms with Gasteiger partial charge in [-0.3, -0.25) is 0 Å². The van der Waals surface area contributed by atoms with Crippen molar-refractivity contribution in [3.8, 4) is 0 Å². The molecule has 0 radical (unpaired) electrons. The highest BCUT2D eigenvalue weighted by Gasteiger charge is 2.29. The monoisotopic (exact) mass is 239 g/mol. The summed E-state index contributed by atoms with van der Waals surface area (Å²) in [5.41, 5.74) is -0.0583. The smallest absolute Gasteiger partial charge is 0.322 e. The molecule has 0 aromatic heterocycles. The molecule has 0 unspecified atom stereocenters. The minimum absolute atomic E-state index is 0.586. The number of hydrogen-bond acceptors (Lipinski definition) is 1. The van der Waals surface area contributed by atoms with Crippen LogP contribution >= 0.6 is 16.1 Å². The van der Waals surface area contributed by atoms with Crippen molar-refractivity contribution in [1.29, 1.82) is 0 Å². The molecule has 1 nitrogen and oxygen atoms in total. The van der Waals surface area contributed by atoms with E-state index in [2.05, 4.69) is 20.5 Å². The average Bonchev–Trinajstić information content (AvgIpc) is 2.03. The molecular weight excluding hydrogens is 235 g/mol. The highest BCUT2D eigenvalue weighted by molar-refractivity contribution is 9.10. The number of hydrogen-bond donors (Lipinski definition) is 1. The summed E-state index contributed by atoms with van der Waals surface area (Å²) < 4.78 is 38.5. The lowest BCUT2D eigenvalue weighted by molar-refractivity contribution is -0.137. The second-order valence-electron chi connectivity index (χ2n) is 2.17. The molecule has 1 aromatic carbocycles. The summed E-state index contributed by atoms with van der Waals surface area (Å²) in [7, 11) is 0. The lowest BCUT2D eigenvalue weighted by atomic mass is 10.2. The lowest BCUT2D eigenvalue weighted by Gasteiger charge is -2.06.